The molecule has 1 aliphatic carbocycles. The van der Waals surface area contributed by atoms with Crippen LogP contribution in [0.25, 0.3) is 10.4 Å². The molecule has 18 heavy (non-hydrogen) atoms. The predicted octanol–water partition coefficient (Wildman–Crippen LogP) is 4.31. The molecule has 2 rings (SSSR count). The van der Waals surface area contributed by atoms with Gasteiger partial charge < -0.3 is 4.74 Å². The summed E-state index contributed by atoms with van der Waals surface area (Å²) < 4.78 is 5.80. The first kappa shape index (κ1) is 13.7. The average molecular weight is 251 g/mol. The molecule has 0 N–H and O–H groups in total. The lowest BCUT2D eigenvalue weighted by molar-refractivity contribution is 0.0105. The molecule has 4 heteroatoms. The number of rotatable bonds is 2. The average Bonchev–Trinajstić information content (AvgIpc) is 2.69. The summed E-state index contributed by atoms with van der Waals surface area (Å²) in [5, 5.41) is 3.73. The zero-order chi connectivity index (χ0) is 13.2. The van der Waals surface area contributed by atoms with E-state index in [1.165, 1.54) is 25.7 Å². The van der Waals surface area contributed by atoms with Gasteiger partial charge in [-0.15, -0.1) is 0 Å². The largest absolute Gasteiger partial charge is 0.377 e. The molecule has 0 aromatic heterocycles. The highest BCUT2D eigenvalue weighted by Gasteiger charge is 2.46. The molecule has 1 spiro atoms. The Bertz CT molecular complexity index is 333. The van der Waals surface area contributed by atoms with E-state index in [4.69, 9.17) is 10.3 Å². The lowest BCUT2D eigenvalue weighted by Gasteiger charge is -2.44. The molecule has 4 nitrogen and oxygen atoms in total. The van der Waals surface area contributed by atoms with Gasteiger partial charge in [0.05, 0.1) is 12.6 Å². The van der Waals surface area contributed by atoms with Gasteiger partial charge in [-0.25, -0.2) is 0 Å². The smallest absolute Gasteiger partial charge is 0.0688 e. The van der Waals surface area contributed by atoms with E-state index in [1.54, 1.807) is 0 Å². The second kappa shape index (κ2) is 5.10. The van der Waals surface area contributed by atoms with Gasteiger partial charge >= 0.3 is 0 Å². The molecule has 0 aromatic carbocycles. The highest BCUT2D eigenvalue weighted by atomic mass is 16.5. The summed E-state index contributed by atoms with van der Waals surface area (Å²) in [6.45, 7) is 8.39. The summed E-state index contributed by atoms with van der Waals surface area (Å²) in [4.78, 5) is 2.88. The summed E-state index contributed by atoms with van der Waals surface area (Å²) in [6.07, 6.45) is 6.37. The summed E-state index contributed by atoms with van der Waals surface area (Å²) >= 11 is 0. The Morgan fingerprint density at radius 2 is 1.94 bits per heavy atom. The fourth-order valence-electron chi connectivity index (χ4n) is 3.73. The third-order valence-corrected chi connectivity index (χ3v) is 5.12. The van der Waals surface area contributed by atoms with Gasteiger partial charge in [0.15, 0.2) is 0 Å². The maximum atomic E-state index is 8.46. The highest BCUT2D eigenvalue weighted by Crippen LogP contribution is 2.51. The molecule has 1 saturated carbocycles. The molecule has 2 aliphatic rings. The van der Waals surface area contributed by atoms with Crippen molar-refractivity contribution in [3.8, 4) is 0 Å². The molecule has 0 aromatic rings. The summed E-state index contributed by atoms with van der Waals surface area (Å²) in [6, 6.07) is 0. The van der Waals surface area contributed by atoms with E-state index in [0.29, 0.717) is 17.4 Å². The van der Waals surface area contributed by atoms with Gasteiger partial charge in [-0.2, -0.15) is 0 Å². The third kappa shape index (κ3) is 2.65. The molecule has 1 heterocycles. The predicted molar refractivity (Wildman–Crippen MR) is 72.2 cm³/mol. The van der Waals surface area contributed by atoms with E-state index in [-0.39, 0.29) is 6.10 Å². The molecule has 0 bridgehead atoms. The van der Waals surface area contributed by atoms with E-state index >= 15 is 0 Å². The second-order valence-corrected chi connectivity index (χ2v) is 7.03. The molecule has 102 valence electrons. The van der Waals surface area contributed by atoms with Crippen LogP contribution in [0.15, 0.2) is 5.11 Å². The highest BCUT2D eigenvalue weighted by molar-refractivity contribution is 4.97. The normalized spacial score (nSPS) is 36.6. The van der Waals surface area contributed by atoms with Crippen molar-refractivity contribution in [3.63, 3.8) is 0 Å². The summed E-state index contributed by atoms with van der Waals surface area (Å²) in [5.41, 5.74) is 9.18. The van der Waals surface area contributed by atoms with Gasteiger partial charge in [-0.05, 0) is 54.4 Å². The van der Waals surface area contributed by atoms with Crippen molar-refractivity contribution in [2.24, 2.45) is 21.9 Å². The van der Waals surface area contributed by atoms with Gasteiger partial charge in [-0.3, -0.25) is 0 Å². The number of hydrogen-bond acceptors (Lipinski definition) is 2. The minimum absolute atomic E-state index is 0.161. The third-order valence-electron chi connectivity index (χ3n) is 5.12. The van der Waals surface area contributed by atoms with Crippen LogP contribution >= 0.6 is 0 Å². The van der Waals surface area contributed by atoms with E-state index in [0.717, 1.165) is 18.9 Å². The lowest BCUT2D eigenvalue weighted by Crippen LogP contribution is -2.39. The zero-order valence-electron chi connectivity index (χ0n) is 11.9. The molecule has 1 aliphatic heterocycles. The first-order valence-corrected chi connectivity index (χ1v) is 7.10. The van der Waals surface area contributed by atoms with Crippen molar-refractivity contribution < 1.29 is 4.74 Å². The first-order chi connectivity index (χ1) is 8.48. The number of ether oxygens (including phenoxy) is 1. The van der Waals surface area contributed by atoms with Crippen molar-refractivity contribution in [1.82, 2.24) is 0 Å². The SMILES string of the molecule is CC(C)(C)C1CCC2(CCOC2CN=[N+]=[N-])CC1. The molecule has 1 unspecified atom stereocenters. The van der Waals surface area contributed by atoms with Crippen LogP contribution in [0.3, 0.4) is 0 Å². The molecule has 2 fully saturated rings. The fourth-order valence-corrected chi connectivity index (χ4v) is 3.73. The number of nitrogens with zero attached hydrogens (tertiary/aromatic N) is 3. The van der Waals surface area contributed by atoms with Crippen LogP contribution in [0.4, 0.5) is 0 Å². The molecule has 1 saturated heterocycles. The fraction of sp³-hybridized carbons (Fsp3) is 1.00. The summed E-state index contributed by atoms with van der Waals surface area (Å²) in [5.74, 6) is 0.823. The minimum Gasteiger partial charge on any atom is -0.377 e. The minimum atomic E-state index is 0.161. The Balaban J connectivity index is 2.00. The second-order valence-electron chi connectivity index (χ2n) is 7.03. The van der Waals surface area contributed by atoms with E-state index in [2.05, 4.69) is 30.8 Å². The Morgan fingerprint density at radius 3 is 2.50 bits per heavy atom. The first-order valence-electron chi connectivity index (χ1n) is 7.10. The maximum Gasteiger partial charge on any atom is 0.0688 e. The Hall–Kier alpha value is -0.730. The lowest BCUT2D eigenvalue weighted by atomic mass is 9.62. The van der Waals surface area contributed by atoms with E-state index in [1.807, 2.05) is 0 Å². The molecule has 0 amide bonds. The van der Waals surface area contributed by atoms with Crippen LogP contribution in [0, 0.1) is 16.7 Å². The Labute approximate surface area is 110 Å². The molecule has 1 atom stereocenters. The maximum absolute atomic E-state index is 8.46. The van der Waals surface area contributed by atoms with Crippen molar-refractivity contribution in [2.75, 3.05) is 13.2 Å². The van der Waals surface area contributed by atoms with Gasteiger partial charge in [0.2, 0.25) is 0 Å². The molecular formula is C14H25N3O. The van der Waals surface area contributed by atoms with Gasteiger partial charge in [0, 0.05) is 11.5 Å². The number of hydrogen-bond donors (Lipinski definition) is 0. The van der Waals surface area contributed by atoms with Gasteiger partial charge in [-0.1, -0.05) is 25.9 Å². The van der Waals surface area contributed by atoms with Gasteiger partial charge in [0.1, 0.15) is 0 Å². The zero-order valence-corrected chi connectivity index (χ0v) is 11.9. The molecule has 0 radical (unpaired) electrons. The van der Waals surface area contributed by atoms with Crippen LogP contribution < -0.4 is 0 Å². The van der Waals surface area contributed by atoms with E-state index in [9.17, 15) is 0 Å². The monoisotopic (exact) mass is 251 g/mol. The topological polar surface area (TPSA) is 58.0 Å². The number of azide groups is 1. The Morgan fingerprint density at radius 1 is 1.28 bits per heavy atom. The van der Waals surface area contributed by atoms with Crippen LogP contribution in [-0.2, 0) is 4.74 Å². The van der Waals surface area contributed by atoms with Crippen LogP contribution in [0.1, 0.15) is 52.9 Å². The standard InChI is InChI=1S/C14H25N3O/c1-13(2,3)11-4-6-14(7-5-11)8-9-18-12(14)10-16-17-15/h11-12H,4-10H2,1-3H3. The van der Waals surface area contributed by atoms with Crippen LogP contribution in [0.2, 0.25) is 0 Å². The van der Waals surface area contributed by atoms with Crippen molar-refractivity contribution in [3.05, 3.63) is 10.4 Å². The van der Waals surface area contributed by atoms with Crippen LogP contribution in [0.5, 0.6) is 0 Å². The molecular weight excluding hydrogens is 226 g/mol. The van der Waals surface area contributed by atoms with Crippen molar-refractivity contribution in [2.45, 2.75) is 59.0 Å². The van der Waals surface area contributed by atoms with Crippen molar-refractivity contribution >= 4 is 0 Å². The summed E-state index contributed by atoms with van der Waals surface area (Å²) in [7, 11) is 0. The van der Waals surface area contributed by atoms with Crippen molar-refractivity contribution in [1.29, 1.82) is 0 Å². The van der Waals surface area contributed by atoms with Gasteiger partial charge in [0.25, 0.3) is 0 Å². The van der Waals surface area contributed by atoms with E-state index < -0.39 is 0 Å². The Kier molecular flexibility index (Phi) is 3.88. The van der Waals surface area contributed by atoms with Crippen LogP contribution in [-0.4, -0.2) is 19.3 Å². The quantitative estimate of drug-likeness (QED) is 0.410.